The third-order valence-corrected chi connectivity index (χ3v) is 7.29. The van der Waals surface area contributed by atoms with E-state index < -0.39 is 11.6 Å². The number of rotatable bonds is 12. The zero-order valence-electron chi connectivity index (χ0n) is 23.2. The summed E-state index contributed by atoms with van der Waals surface area (Å²) in [6.45, 7) is 0.824. The summed E-state index contributed by atoms with van der Waals surface area (Å²) < 4.78 is 12.2. The van der Waals surface area contributed by atoms with Crippen molar-refractivity contribution in [2.75, 3.05) is 13.2 Å². The first-order valence-corrected chi connectivity index (χ1v) is 14.3. The number of hydrogen-bond donors (Lipinski definition) is 2. The molecule has 1 aliphatic rings. The standard InChI is InChI=1S/C35H33ClN2O4/c36-30-18-14-27(15-19-30)25-37-34(40)35(22-7-11-26-9-3-1-4-10-26)32(28-12-5-2-6-13-28)42-33(38-35)29-16-20-31(21-17-29)41-24-8-23-39/h1-7,9-21,32,39H,8,22-25H2,(H,37,40)/b11-7+/t32-,35-/m1/s1. The van der Waals surface area contributed by atoms with E-state index in [1.165, 1.54) is 0 Å². The van der Waals surface area contributed by atoms with E-state index in [4.69, 9.17) is 31.2 Å². The Labute approximate surface area is 251 Å². The van der Waals surface area contributed by atoms with Gasteiger partial charge in [0.2, 0.25) is 5.90 Å². The fourth-order valence-electron chi connectivity index (χ4n) is 4.82. The number of nitrogens with zero attached hydrogens (tertiary/aromatic N) is 1. The Balaban J connectivity index is 1.50. The Morgan fingerprint density at radius 2 is 1.64 bits per heavy atom. The van der Waals surface area contributed by atoms with E-state index in [9.17, 15) is 4.79 Å². The highest BCUT2D eigenvalue weighted by Crippen LogP contribution is 2.43. The number of ether oxygens (including phenoxy) is 2. The summed E-state index contributed by atoms with van der Waals surface area (Å²) in [4.78, 5) is 19.3. The SMILES string of the molecule is O=C(NCc1ccc(Cl)cc1)[C@]1(C/C=C/c2ccccc2)N=C(c2ccc(OCCCO)cc2)O[C@@H]1c1ccccc1. The number of aliphatic imine (C=N–C) groups is 1. The molecule has 0 aliphatic carbocycles. The minimum Gasteiger partial charge on any atom is -0.494 e. The largest absolute Gasteiger partial charge is 0.494 e. The fourth-order valence-corrected chi connectivity index (χ4v) is 4.95. The molecule has 1 aliphatic heterocycles. The average Bonchev–Trinajstić information content (AvgIpc) is 3.43. The van der Waals surface area contributed by atoms with Crippen LogP contribution in [0.25, 0.3) is 6.08 Å². The number of aliphatic hydroxyl groups is 1. The lowest BCUT2D eigenvalue weighted by atomic mass is 9.84. The van der Waals surface area contributed by atoms with Gasteiger partial charge in [0.1, 0.15) is 5.75 Å². The lowest BCUT2D eigenvalue weighted by Gasteiger charge is -2.29. The molecule has 0 bridgehead atoms. The van der Waals surface area contributed by atoms with Crippen LogP contribution in [-0.2, 0) is 16.1 Å². The molecule has 1 heterocycles. The Morgan fingerprint density at radius 1 is 0.952 bits per heavy atom. The molecule has 0 unspecified atom stereocenters. The van der Waals surface area contributed by atoms with Crippen LogP contribution in [0.2, 0.25) is 5.02 Å². The van der Waals surface area contributed by atoms with E-state index in [-0.39, 0.29) is 12.5 Å². The first-order chi connectivity index (χ1) is 20.6. The summed E-state index contributed by atoms with van der Waals surface area (Å²) in [5, 5.41) is 12.8. The van der Waals surface area contributed by atoms with Crippen LogP contribution in [0.5, 0.6) is 5.75 Å². The zero-order valence-corrected chi connectivity index (χ0v) is 23.9. The highest BCUT2D eigenvalue weighted by molar-refractivity contribution is 6.30. The predicted octanol–water partition coefficient (Wildman–Crippen LogP) is 6.78. The van der Waals surface area contributed by atoms with Crippen molar-refractivity contribution in [3.8, 4) is 5.75 Å². The average molecular weight is 581 g/mol. The number of hydrogen-bond acceptors (Lipinski definition) is 5. The van der Waals surface area contributed by atoms with Crippen molar-refractivity contribution in [3.05, 3.63) is 143 Å². The molecule has 42 heavy (non-hydrogen) atoms. The second kappa shape index (κ2) is 14.0. The van der Waals surface area contributed by atoms with Crippen LogP contribution in [-0.4, -0.2) is 35.7 Å². The Hall–Kier alpha value is -4.39. The topological polar surface area (TPSA) is 80.2 Å². The van der Waals surface area contributed by atoms with Crippen LogP contribution in [0.3, 0.4) is 0 Å². The zero-order chi connectivity index (χ0) is 29.2. The van der Waals surface area contributed by atoms with E-state index in [0.29, 0.717) is 42.7 Å². The Morgan fingerprint density at radius 3 is 2.33 bits per heavy atom. The summed E-state index contributed by atoms with van der Waals surface area (Å²) in [6.07, 6.45) is 4.21. The first-order valence-electron chi connectivity index (χ1n) is 14.0. The molecule has 4 aromatic rings. The Bertz CT molecular complexity index is 1510. The summed E-state index contributed by atoms with van der Waals surface area (Å²) in [5.74, 6) is 0.839. The van der Waals surface area contributed by atoms with Gasteiger partial charge in [-0.15, -0.1) is 0 Å². The number of aliphatic hydroxyl groups excluding tert-OH is 1. The first kappa shape index (κ1) is 29.1. The van der Waals surface area contributed by atoms with Gasteiger partial charge in [0.25, 0.3) is 5.91 Å². The molecule has 7 heteroatoms. The molecule has 2 atom stereocenters. The molecule has 214 valence electrons. The number of nitrogens with one attached hydrogen (secondary N) is 1. The van der Waals surface area contributed by atoms with Gasteiger partial charge in [-0.05, 0) is 53.1 Å². The molecule has 0 aromatic heterocycles. The molecular formula is C35H33ClN2O4. The number of carbonyl (C=O) groups is 1. The van der Waals surface area contributed by atoms with Crippen molar-refractivity contribution in [3.63, 3.8) is 0 Å². The van der Waals surface area contributed by atoms with Crippen LogP contribution in [0.4, 0.5) is 0 Å². The van der Waals surface area contributed by atoms with Crippen molar-refractivity contribution in [2.24, 2.45) is 4.99 Å². The lowest BCUT2D eigenvalue weighted by Crippen LogP contribution is -2.47. The minimum absolute atomic E-state index is 0.0739. The van der Waals surface area contributed by atoms with Gasteiger partial charge in [-0.1, -0.05) is 96.5 Å². The van der Waals surface area contributed by atoms with Gasteiger partial charge < -0.3 is 19.9 Å². The van der Waals surface area contributed by atoms with Crippen LogP contribution in [0.15, 0.2) is 120 Å². The molecule has 4 aromatic carbocycles. The maximum absolute atomic E-state index is 14.2. The van der Waals surface area contributed by atoms with Crippen LogP contribution in [0.1, 0.15) is 41.2 Å². The van der Waals surface area contributed by atoms with Gasteiger partial charge in [0.15, 0.2) is 11.6 Å². The third-order valence-electron chi connectivity index (χ3n) is 7.04. The van der Waals surface area contributed by atoms with E-state index in [2.05, 4.69) is 5.32 Å². The minimum atomic E-state index is -1.26. The van der Waals surface area contributed by atoms with E-state index in [1.807, 2.05) is 109 Å². The number of halogens is 1. The summed E-state index contributed by atoms with van der Waals surface area (Å²) >= 11 is 6.06. The summed E-state index contributed by atoms with van der Waals surface area (Å²) in [5.41, 5.74) is 2.30. The number of amides is 1. The maximum Gasteiger partial charge on any atom is 0.252 e. The molecule has 2 N–H and O–H groups in total. The molecule has 0 spiro atoms. The maximum atomic E-state index is 14.2. The highest BCUT2D eigenvalue weighted by atomic mass is 35.5. The van der Waals surface area contributed by atoms with E-state index in [1.54, 1.807) is 12.1 Å². The summed E-state index contributed by atoms with van der Waals surface area (Å²) in [7, 11) is 0. The van der Waals surface area contributed by atoms with Gasteiger partial charge in [-0.2, -0.15) is 0 Å². The quantitative estimate of drug-likeness (QED) is 0.181. The monoisotopic (exact) mass is 580 g/mol. The van der Waals surface area contributed by atoms with Gasteiger partial charge in [0.05, 0.1) is 6.61 Å². The van der Waals surface area contributed by atoms with Crippen LogP contribution < -0.4 is 10.1 Å². The summed E-state index contributed by atoms with van der Waals surface area (Å²) in [6, 6.07) is 34.5. The molecule has 0 fully saturated rings. The molecule has 0 saturated carbocycles. The van der Waals surface area contributed by atoms with Crippen molar-refractivity contribution >= 4 is 29.5 Å². The van der Waals surface area contributed by atoms with Gasteiger partial charge in [0, 0.05) is 36.6 Å². The van der Waals surface area contributed by atoms with Gasteiger partial charge >= 0.3 is 0 Å². The normalized spacial score (nSPS) is 18.0. The fraction of sp³-hybridized carbons (Fsp3) is 0.200. The van der Waals surface area contributed by atoms with Gasteiger partial charge in [-0.3, -0.25) is 4.79 Å². The molecule has 1 amide bonds. The van der Waals surface area contributed by atoms with Gasteiger partial charge in [-0.25, -0.2) is 4.99 Å². The molecule has 0 saturated heterocycles. The van der Waals surface area contributed by atoms with Crippen molar-refractivity contribution in [1.29, 1.82) is 0 Å². The van der Waals surface area contributed by atoms with E-state index >= 15 is 0 Å². The van der Waals surface area contributed by atoms with Crippen molar-refractivity contribution in [2.45, 2.75) is 31.0 Å². The smallest absolute Gasteiger partial charge is 0.252 e. The Kier molecular flexibility index (Phi) is 9.70. The van der Waals surface area contributed by atoms with Crippen molar-refractivity contribution < 1.29 is 19.4 Å². The number of carbonyl (C=O) groups excluding carboxylic acids is 1. The predicted molar refractivity (Wildman–Crippen MR) is 167 cm³/mol. The third kappa shape index (κ3) is 7.08. The second-order valence-electron chi connectivity index (χ2n) is 10.0. The molecular weight excluding hydrogens is 548 g/mol. The second-order valence-corrected chi connectivity index (χ2v) is 10.5. The number of benzene rings is 4. The highest BCUT2D eigenvalue weighted by Gasteiger charge is 2.52. The van der Waals surface area contributed by atoms with Crippen LogP contribution in [0, 0.1) is 0 Å². The molecule has 6 nitrogen and oxygen atoms in total. The van der Waals surface area contributed by atoms with Crippen LogP contribution >= 0.6 is 11.6 Å². The van der Waals surface area contributed by atoms with Crippen molar-refractivity contribution in [1.82, 2.24) is 5.32 Å². The molecule has 5 rings (SSSR count). The van der Waals surface area contributed by atoms with E-state index in [0.717, 1.165) is 22.3 Å². The lowest BCUT2D eigenvalue weighted by molar-refractivity contribution is -0.129. The molecule has 0 radical (unpaired) electrons.